The first-order chi connectivity index (χ1) is 9.93. The second-order valence-corrected chi connectivity index (χ2v) is 7.83. The standard InChI is InChI=1S/C18H28N2O/c1-18(2,3)17-12-20(16(10-19-17)14-7-8-14)11-13-5-4-6-15(21)9-13/h4-6,9,14,16-17,19,21H,7-8,10-12H2,1-3H3. The fourth-order valence-corrected chi connectivity index (χ4v) is 3.42. The molecule has 1 aliphatic heterocycles. The van der Waals surface area contributed by atoms with Gasteiger partial charge in [0, 0.05) is 31.7 Å². The summed E-state index contributed by atoms with van der Waals surface area (Å²) in [4.78, 5) is 2.64. The fourth-order valence-electron chi connectivity index (χ4n) is 3.42. The lowest BCUT2D eigenvalue weighted by Gasteiger charge is -2.45. The zero-order chi connectivity index (χ0) is 15.0. The molecule has 116 valence electrons. The van der Waals surface area contributed by atoms with Crippen LogP contribution in [-0.2, 0) is 6.54 Å². The van der Waals surface area contributed by atoms with Crippen molar-refractivity contribution in [2.45, 2.75) is 52.2 Å². The summed E-state index contributed by atoms with van der Waals surface area (Å²) in [5.74, 6) is 1.24. The minimum absolute atomic E-state index is 0.283. The number of nitrogens with zero attached hydrogens (tertiary/aromatic N) is 1. The molecule has 1 saturated carbocycles. The number of piperazine rings is 1. The lowest BCUT2D eigenvalue weighted by atomic mass is 9.84. The van der Waals surface area contributed by atoms with E-state index in [9.17, 15) is 5.11 Å². The van der Waals surface area contributed by atoms with E-state index in [0.29, 0.717) is 17.8 Å². The van der Waals surface area contributed by atoms with Gasteiger partial charge in [-0.3, -0.25) is 4.90 Å². The van der Waals surface area contributed by atoms with Gasteiger partial charge in [0.1, 0.15) is 5.75 Å². The van der Waals surface area contributed by atoms with Crippen LogP contribution in [0.5, 0.6) is 5.75 Å². The first-order valence-electron chi connectivity index (χ1n) is 8.19. The van der Waals surface area contributed by atoms with E-state index in [0.717, 1.165) is 25.6 Å². The Morgan fingerprint density at radius 1 is 1.29 bits per heavy atom. The van der Waals surface area contributed by atoms with Gasteiger partial charge in [-0.05, 0) is 41.9 Å². The first-order valence-corrected chi connectivity index (χ1v) is 8.19. The molecule has 1 heterocycles. The van der Waals surface area contributed by atoms with Crippen molar-refractivity contribution in [3.63, 3.8) is 0 Å². The van der Waals surface area contributed by atoms with Crippen LogP contribution in [0, 0.1) is 11.3 Å². The van der Waals surface area contributed by atoms with E-state index in [-0.39, 0.29) is 5.41 Å². The first kappa shape index (κ1) is 14.9. The second kappa shape index (κ2) is 5.62. The Balaban J connectivity index is 1.74. The third-order valence-corrected chi connectivity index (χ3v) is 4.97. The molecule has 3 heteroatoms. The minimum Gasteiger partial charge on any atom is -0.508 e. The van der Waals surface area contributed by atoms with Crippen LogP contribution in [0.15, 0.2) is 24.3 Å². The molecule has 1 aliphatic carbocycles. The fraction of sp³-hybridized carbons (Fsp3) is 0.667. The van der Waals surface area contributed by atoms with E-state index in [2.05, 4.69) is 37.1 Å². The quantitative estimate of drug-likeness (QED) is 0.897. The van der Waals surface area contributed by atoms with Crippen molar-refractivity contribution in [3.8, 4) is 5.75 Å². The highest BCUT2D eigenvalue weighted by atomic mass is 16.3. The van der Waals surface area contributed by atoms with Gasteiger partial charge in [-0.25, -0.2) is 0 Å². The van der Waals surface area contributed by atoms with E-state index in [1.165, 1.54) is 18.4 Å². The van der Waals surface area contributed by atoms with Crippen LogP contribution < -0.4 is 5.32 Å². The molecule has 0 bridgehead atoms. The molecule has 0 amide bonds. The van der Waals surface area contributed by atoms with Crippen LogP contribution in [0.2, 0.25) is 0 Å². The lowest BCUT2D eigenvalue weighted by molar-refractivity contribution is 0.0688. The number of hydrogen-bond acceptors (Lipinski definition) is 3. The molecule has 2 aliphatic rings. The van der Waals surface area contributed by atoms with Crippen molar-refractivity contribution >= 4 is 0 Å². The van der Waals surface area contributed by atoms with E-state index in [4.69, 9.17) is 0 Å². The normalized spacial score (nSPS) is 27.8. The summed E-state index contributed by atoms with van der Waals surface area (Å²) < 4.78 is 0. The molecule has 2 N–H and O–H groups in total. The van der Waals surface area contributed by atoms with Crippen LogP contribution in [0.25, 0.3) is 0 Å². The van der Waals surface area contributed by atoms with Gasteiger partial charge in [-0.15, -0.1) is 0 Å². The highest BCUT2D eigenvalue weighted by Gasteiger charge is 2.41. The molecule has 2 fully saturated rings. The summed E-state index contributed by atoms with van der Waals surface area (Å²) in [6, 6.07) is 8.91. The van der Waals surface area contributed by atoms with Gasteiger partial charge in [-0.1, -0.05) is 32.9 Å². The monoisotopic (exact) mass is 288 g/mol. The maximum atomic E-state index is 9.68. The topological polar surface area (TPSA) is 35.5 Å². The predicted molar refractivity (Wildman–Crippen MR) is 86.3 cm³/mol. The average Bonchev–Trinajstić information content (AvgIpc) is 3.22. The highest BCUT2D eigenvalue weighted by molar-refractivity contribution is 5.27. The van der Waals surface area contributed by atoms with E-state index in [1.54, 1.807) is 6.07 Å². The number of rotatable bonds is 3. The molecular weight excluding hydrogens is 260 g/mol. The third-order valence-electron chi connectivity index (χ3n) is 4.97. The maximum Gasteiger partial charge on any atom is 0.115 e. The summed E-state index contributed by atoms with van der Waals surface area (Å²) >= 11 is 0. The zero-order valence-electron chi connectivity index (χ0n) is 13.5. The Morgan fingerprint density at radius 2 is 2.05 bits per heavy atom. The Bertz CT molecular complexity index is 490. The molecule has 2 unspecified atom stereocenters. The summed E-state index contributed by atoms with van der Waals surface area (Å²) in [7, 11) is 0. The molecule has 1 saturated heterocycles. The summed E-state index contributed by atoms with van der Waals surface area (Å²) in [6.45, 7) is 10.1. The van der Waals surface area contributed by atoms with Gasteiger partial charge < -0.3 is 10.4 Å². The molecule has 1 aromatic carbocycles. The van der Waals surface area contributed by atoms with E-state index < -0.39 is 0 Å². The molecule has 3 rings (SSSR count). The minimum atomic E-state index is 0.283. The SMILES string of the molecule is CC(C)(C)C1CN(Cc2cccc(O)c2)C(C2CC2)CN1. The van der Waals surface area contributed by atoms with Crippen molar-refractivity contribution in [3.05, 3.63) is 29.8 Å². The number of nitrogens with one attached hydrogen (secondary N) is 1. The molecule has 0 aromatic heterocycles. The third kappa shape index (κ3) is 3.58. The molecular formula is C18H28N2O. The van der Waals surface area contributed by atoms with Gasteiger partial charge >= 0.3 is 0 Å². The lowest BCUT2D eigenvalue weighted by Crippen LogP contribution is -2.60. The maximum absolute atomic E-state index is 9.68. The van der Waals surface area contributed by atoms with Crippen LogP contribution >= 0.6 is 0 Å². The van der Waals surface area contributed by atoms with Crippen LogP contribution in [-0.4, -0.2) is 35.2 Å². The molecule has 0 radical (unpaired) electrons. The van der Waals surface area contributed by atoms with Crippen molar-refractivity contribution in [2.24, 2.45) is 11.3 Å². The summed E-state index contributed by atoms with van der Waals surface area (Å²) in [5, 5.41) is 13.4. The number of phenols is 1. The Morgan fingerprint density at radius 3 is 2.67 bits per heavy atom. The van der Waals surface area contributed by atoms with Gasteiger partial charge in [-0.2, -0.15) is 0 Å². The van der Waals surface area contributed by atoms with Gasteiger partial charge in [0.05, 0.1) is 0 Å². The van der Waals surface area contributed by atoms with Crippen molar-refractivity contribution < 1.29 is 5.11 Å². The molecule has 2 atom stereocenters. The molecule has 1 aromatic rings. The van der Waals surface area contributed by atoms with Crippen LogP contribution in [0.1, 0.15) is 39.2 Å². The number of aromatic hydroxyl groups is 1. The largest absolute Gasteiger partial charge is 0.508 e. The van der Waals surface area contributed by atoms with Crippen LogP contribution in [0.4, 0.5) is 0 Å². The van der Waals surface area contributed by atoms with Gasteiger partial charge in [0.2, 0.25) is 0 Å². The number of benzene rings is 1. The van der Waals surface area contributed by atoms with Crippen molar-refractivity contribution in [2.75, 3.05) is 13.1 Å². The van der Waals surface area contributed by atoms with Crippen molar-refractivity contribution in [1.29, 1.82) is 0 Å². The van der Waals surface area contributed by atoms with Gasteiger partial charge in [0.25, 0.3) is 0 Å². The highest BCUT2D eigenvalue weighted by Crippen LogP contribution is 2.38. The number of phenolic OH excluding ortho intramolecular Hbond substituents is 1. The Labute approximate surface area is 128 Å². The smallest absolute Gasteiger partial charge is 0.115 e. The predicted octanol–water partition coefficient (Wildman–Crippen LogP) is 2.99. The van der Waals surface area contributed by atoms with Crippen molar-refractivity contribution in [1.82, 2.24) is 10.2 Å². The Hall–Kier alpha value is -1.06. The second-order valence-electron chi connectivity index (χ2n) is 7.83. The zero-order valence-corrected chi connectivity index (χ0v) is 13.5. The van der Waals surface area contributed by atoms with E-state index >= 15 is 0 Å². The number of hydrogen-bond donors (Lipinski definition) is 2. The molecule has 0 spiro atoms. The average molecular weight is 288 g/mol. The van der Waals surface area contributed by atoms with Gasteiger partial charge in [0.15, 0.2) is 0 Å². The Kier molecular flexibility index (Phi) is 3.98. The van der Waals surface area contributed by atoms with E-state index in [1.807, 2.05) is 12.1 Å². The molecule has 3 nitrogen and oxygen atoms in total. The summed E-state index contributed by atoms with van der Waals surface area (Å²) in [5.41, 5.74) is 1.50. The summed E-state index contributed by atoms with van der Waals surface area (Å²) in [6.07, 6.45) is 2.76. The van der Waals surface area contributed by atoms with Crippen LogP contribution in [0.3, 0.4) is 0 Å². The molecule has 21 heavy (non-hydrogen) atoms.